The molecule has 1 aliphatic rings. The lowest BCUT2D eigenvalue weighted by molar-refractivity contribution is -0.122. The molecule has 0 unspecified atom stereocenters. The van der Waals surface area contributed by atoms with Crippen LogP contribution < -0.4 is 5.32 Å². The first kappa shape index (κ1) is 17.0. The van der Waals surface area contributed by atoms with Gasteiger partial charge in [-0.25, -0.2) is 0 Å². The summed E-state index contributed by atoms with van der Waals surface area (Å²) in [5.41, 5.74) is 2.60. The molecular formula is C19H30N2O. The van der Waals surface area contributed by atoms with E-state index in [0.29, 0.717) is 18.5 Å². The Hall–Kier alpha value is -1.35. The van der Waals surface area contributed by atoms with Crippen LogP contribution in [0.25, 0.3) is 0 Å². The van der Waals surface area contributed by atoms with Crippen molar-refractivity contribution in [2.24, 2.45) is 0 Å². The summed E-state index contributed by atoms with van der Waals surface area (Å²) in [5.74, 6) is 0.197. The number of carbonyl (C=O) groups is 1. The Morgan fingerprint density at radius 1 is 1.18 bits per heavy atom. The molecule has 1 fully saturated rings. The van der Waals surface area contributed by atoms with Crippen molar-refractivity contribution in [1.82, 2.24) is 10.2 Å². The Kier molecular flexibility index (Phi) is 6.44. The van der Waals surface area contributed by atoms with Gasteiger partial charge in [0.25, 0.3) is 0 Å². The topological polar surface area (TPSA) is 32.3 Å². The van der Waals surface area contributed by atoms with Crippen LogP contribution in [0.2, 0.25) is 0 Å². The van der Waals surface area contributed by atoms with Gasteiger partial charge in [-0.1, -0.05) is 31.2 Å². The van der Waals surface area contributed by atoms with Crippen molar-refractivity contribution in [3.8, 4) is 0 Å². The molecule has 2 rings (SSSR count). The fraction of sp³-hybridized carbons (Fsp3) is 0.632. The van der Waals surface area contributed by atoms with Crippen molar-refractivity contribution in [3.63, 3.8) is 0 Å². The molecule has 0 radical (unpaired) electrons. The number of aryl methyl sites for hydroxylation is 2. The lowest BCUT2D eigenvalue weighted by atomic mass is 10.0. The summed E-state index contributed by atoms with van der Waals surface area (Å²) >= 11 is 0. The zero-order valence-electron chi connectivity index (χ0n) is 14.3. The van der Waals surface area contributed by atoms with E-state index in [1.165, 1.54) is 11.1 Å². The van der Waals surface area contributed by atoms with E-state index in [2.05, 4.69) is 55.3 Å². The zero-order valence-corrected chi connectivity index (χ0v) is 14.3. The molecule has 1 aliphatic heterocycles. The SMILES string of the molecule is CCc1ccc(CCC(=O)NC2CCN(C(C)C)CC2)cc1. The normalized spacial score (nSPS) is 16.9. The average molecular weight is 302 g/mol. The second kappa shape index (κ2) is 8.33. The van der Waals surface area contributed by atoms with Crippen LogP contribution in [0.5, 0.6) is 0 Å². The molecule has 3 nitrogen and oxygen atoms in total. The molecule has 1 amide bonds. The van der Waals surface area contributed by atoms with Crippen LogP contribution in [0.15, 0.2) is 24.3 Å². The number of hydrogen-bond acceptors (Lipinski definition) is 2. The van der Waals surface area contributed by atoms with Gasteiger partial charge in [0, 0.05) is 31.6 Å². The van der Waals surface area contributed by atoms with Gasteiger partial charge in [-0.15, -0.1) is 0 Å². The first-order chi connectivity index (χ1) is 10.6. The maximum absolute atomic E-state index is 12.1. The van der Waals surface area contributed by atoms with Gasteiger partial charge in [-0.05, 0) is 50.7 Å². The maximum atomic E-state index is 12.1. The van der Waals surface area contributed by atoms with Gasteiger partial charge >= 0.3 is 0 Å². The smallest absolute Gasteiger partial charge is 0.220 e. The molecule has 1 aromatic carbocycles. The molecule has 0 atom stereocenters. The monoisotopic (exact) mass is 302 g/mol. The molecule has 1 aromatic rings. The van der Waals surface area contributed by atoms with Gasteiger partial charge in [-0.2, -0.15) is 0 Å². The standard InChI is InChI=1S/C19H30N2O/c1-4-16-5-7-17(8-6-16)9-10-19(22)20-18-11-13-21(14-12-18)15(2)3/h5-8,15,18H,4,9-14H2,1-3H3,(H,20,22). The van der Waals surface area contributed by atoms with Gasteiger partial charge in [0.15, 0.2) is 0 Å². The first-order valence-electron chi connectivity index (χ1n) is 8.69. The molecule has 0 bridgehead atoms. The number of amides is 1. The van der Waals surface area contributed by atoms with Crippen LogP contribution in [-0.2, 0) is 17.6 Å². The third kappa shape index (κ3) is 5.13. The number of benzene rings is 1. The van der Waals surface area contributed by atoms with Gasteiger partial charge in [0.05, 0.1) is 0 Å². The Morgan fingerprint density at radius 2 is 1.77 bits per heavy atom. The number of nitrogens with one attached hydrogen (secondary N) is 1. The van der Waals surface area contributed by atoms with Gasteiger partial charge < -0.3 is 10.2 Å². The Bertz CT molecular complexity index is 459. The summed E-state index contributed by atoms with van der Waals surface area (Å²) in [4.78, 5) is 14.6. The molecule has 1 N–H and O–H groups in total. The molecule has 122 valence electrons. The second-order valence-corrected chi connectivity index (χ2v) is 6.64. The molecule has 0 saturated carbocycles. The highest BCUT2D eigenvalue weighted by atomic mass is 16.1. The second-order valence-electron chi connectivity index (χ2n) is 6.64. The van der Waals surface area contributed by atoms with E-state index >= 15 is 0 Å². The third-order valence-electron chi connectivity index (χ3n) is 4.70. The summed E-state index contributed by atoms with van der Waals surface area (Å²) in [6, 6.07) is 9.59. The summed E-state index contributed by atoms with van der Waals surface area (Å²) < 4.78 is 0. The third-order valence-corrected chi connectivity index (χ3v) is 4.70. The Labute approximate surface area is 135 Å². The van der Waals surface area contributed by atoms with E-state index in [0.717, 1.165) is 38.8 Å². The predicted octanol–water partition coefficient (Wildman–Crippen LogP) is 3.17. The number of nitrogens with zero attached hydrogens (tertiary/aromatic N) is 1. The van der Waals surface area contributed by atoms with Crippen molar-refractivity contribution < 1.29 is 4.79 Å². The summed E-state index contributed by atoms with van der Waals surface area (Å²) in [7, 11) is 0. The van der Waals surface area contributed by atoms with Crippen LogP contribution in [0.4, 0.5) is 0 Å². The van der Waals surface area contributed by atoms with Crippen LogP contribution in [0.3, 0.4) is 0 Å². The number of likely N-dealkylation sites (tertiary alicyclic amines) is 1. The zero-order chi connectivity index (χ0) is 15.9. The molecular weight excluding hydrogens is 272 g/mol. The van der Waals surface area contributed by atoms with Crippen molar-refractivity contribution in [3.05, 3.63) is 35.4 Å². The van der Waals surface area contributed by atoms with Crippen molar-refractivity contribution in [2.45, 2.75) is 65.0 Å². The number of rotatable bonds is 6. The van der Waals surface area contributed by atoms with Crippen LogP contribution >= 0.6 is 0 Å². The predicted molar refractivity (Wildman–Crippen MR) is 92.0 cm³/mol. The number of piperidine rings is 1. The van der Waals surface area contributed by atoms with Gasteiger partial charge in [0.2, 0.25) is 5.91 Å². The van der Waals surface area contributed by atoms with E-state index < -0.39 is 0 Å². The molecule has 0 aromatic heterocycles. The summed E-state index contributed by atoms with van der Waals surface area (Å²) in [6.07, 6.45) is 4.65. The molecule has 3 heteroatoms. The minimum absolute atomic E-state index is 0.197. The summed E-state index contributed by atoms with van der Waals surface area (Å²) in [6.45, 7) is 8.83. The Balaban J connectivity index is 1.69. The fourth-order valence-corrected chi connectivity index (χ4v) is 3.06. The molecule has 22 heavy (non-hydrogen) atoms. The van der Waals surface area contributed by atoms with E-state index in [1.54, 1.807) is 0 Å². The minimum Gasteiger partial charge on any atom is -0.353 e. The average Bonchev–Trinajstić information content (AvgIpc) is 2.54. The molecule has 1 saturated heterocycles. The van der Waals surface area contributed by atoms with Gasteiger partial charge in [0.1, 0.15) is 0 Å². The van der Waals surface area contributed by atoms with Crippen molar-refractivity contribution >= 4 is 5.91 Å². The number of hydrogen-bond donors (Lipinski definition) is 1. The largest absolute Gasteiger partial charge is 0.353 e. The van der Waals surface area contributed by atoms with E-state index in [-0.39, 0.29) is 5.91 Å². The fourth-order valence-electron chi connectivity index (χ4n) is 3.06. The highest BCUT2D eigenvalue weighted by Gasteiger charge is 2.21. The van der Waals surface area contributed by atoms with E-state index in [9.17, 15) is 4.79 Å². The van der Waals surface area contributed by atoms with Crippen LogP contribution in [0.1, 0.15) is 51.2 Å². The highest BCUT2D eigenvalue weighted by Crippen LogP contribution is 2.13. The highest BCUT2D eigenvalue weighted by molar-refractivity contribution is 5.76. The van der Waals surface area contributed by atoms with E-state index in [1.807, 2.05) is 0 Å². The lowest BCUT2D eigenvalue weighted by Crippen LogP contribution is -2.46. The van der Waals surface area contributed by atoms with Crippen molar-refractivity contribution in [1.29, 1.82) is 0 Å². The first-order valence-corrected chi connectivity index (χ1v) is 8.69. The maximum Gasteiger partial charge on any atom is 0.220 e. The van der Waals surface area contributed by atoms with E-state index in [4.69, 9.17) is 0 Å². The number of carbonyl (C=O) groups excluding carboxylic acids is 1. The quantitative estimate of drug-likeness (QED) is 0.875. The summed E-state index contributed by atoms with van der Waals surface area (Å²) in [5, 5.41) is 3.21. The van der Waals surface area contributed by atoms with Crippen molar-refractivity contribution in [2.75, 3.05) is 13.1 Å². The molecule has 0 aliphatic carbocycles. The molecule has 0 spiro atoms. The van der Waals surface area contributed by atoms with Gasteiger partial charge in [-0.3, -0.25) is 4.79 Å². The van der Waals surface area contributed by atoms with Crippen LogP contribution in [-0.4, -0.2) is 36.0 Å². The minimum atomic E-state index is 0.197. The lowest BCUT2D eigenvalue weighted by Gasteiger charge is -2.34. The Morgan fingerprint density at radius 3 is 2.32 bits per heavy atom. The van der Waals surface area contributed by atoms with Crippen LogP contribution in [0, 0.1) is 0 Å². The molecule has 1 heterocycles.